The largest absolute Gasteiger partial charge is 0.396 e. The number of nitrogens with zero attached hydrogens (tertiary/aromatic N) is 1. The highest BCUT2D eigenvalue weighted by molar-refractivity contribution is 4.95. The summed E-state index contributed by atoms with van der Waals surface area (Å²) in [5.74, 6) is 0. The zero-order valence-electron chi connectivity index (χ0n) is 11.0. The number of ether oxygens (including phenoxy) is 1. The first kappa shape index (κ1) is 4.94. The third-order valence-electron chi connectivity index (χ3n) is 2.35. The standard InChI is InChI=1S/C9H17NO2/c11-8-9(1-2-9)7-10-3-5-12-6-4-10/h11H,1-8H2/i7D2,8D2. The Bertz CT molecular complexity index is 269. The van der Waals surface area contributed by atoms with E-state index in [1.165, 1.54) is 0 Å². The monoisotopic (exact) mass is 175 g/mol. The lowest BCUT2D eigenvalue weighted by atomic mass is 10.1. The fourth-order valence-electron chi connectivity index (χ4n) is 1.35. The summed E-state index contributed by atoms with van der Waals surface area (Å²) in [6, 6.07) is 0. The molecule has 0 spiro atoms. The first-order valence-electron chi connectivity index (χ1n) is 6.36. The van der Waals surface area contributed by atoms with E-state index in [2.05, 4.69) is 0 Å². The van der Waals surface area contributed by atoms with Crippen LogP contribution in [0.1, 0.15) is 18.3 Å². The summed E-state index contributed by atoms with van der Waals surface area (Å²) in [6.45, 7) is -2.45. The summed E-state index contributed by atoms with van der Waals surface area (Å²) in [7, 11) is 0. The highest BCUT2D eigenvalue weighted by Crippen LogP contribution is 2.45. The van der Waals surface area contributed by atoms with E-state index in [9.17, 15) is 5.11 Å². The van der Waals surface area contributed by atoms with Gasteiger partial charge in [0, 0.05) is 34.3 Å². The summed E-state index contributed by atoms with van der Waals surface area (Å²) in [6.07, 6.45) is 0.779. The molecule has 70 valence electrons. The molecule has 0 unspecified atom stereocenters. The van der Waals surface area contributed by atoms with Gasteiger partial charge in [-0.05, 0) is 12.8 Å². The Labute approximate surface area is 78.9 Å². The van der Waals surface area contributed by atoms with Crippen LogP contribution in [0.3, 0.4) is 0 Å². The zero-order valence-corrected chi connectivity index (χ0v) is 7.05. The quantitative estimate of drug-likeness (QED) is 0.660. The van der Waals surface area contributed by atoms with Crippen molar-refractivity contribution in [3.05, 3.63) is 0 Å². The van der Waals surface area contributed by atoms with Gasteiger partial charge in [-0.1, -0.05) is 0 Å². The molecule has 2 rings (SSSR count). The summed E-state index contributed by atoms with van der Waals surface area (Å²) in [4.78, 5) is 1.58. The second kappa shape index (κ2) is 3.32. The first-order chi connectivity index (χ1) is 7.31. The van der Waals surface area contributed by atoms with Crippen LogP contribution >= 0.6 is 0 Å². The number of hydrogen-bond donors (Lipinski definition) is 1. The molecular formula is C9H17NO2. The minimum absolute atomic E-state index is 0.390. The lowest BCUT2D eigenvalue weighted by Crippen LogP contribution is -2.40. The van der Waals surface area contributed by atoms with Crippen LogP contribution in [0.2, 0.25) is 0 Å². The minimum atomic E-state index is -2.46. The maximum atomic E-state index is 9.51. The molecule has 1 aliphatic carbocycles. The van der Waals surface area contributed by atoms with Crippen LogP contribution in [0.5, 0.6) is 0 Å². The highest BCUT2D eigenvalue weighted by atomic mass is 16.5. The lowest BCUT2D eigenvalue weighted by molar-refractivity contribution is 0.0222. The molecule has 0 aromatic heterocycles. The topological polar surface area (TPSA) is 32.7 Å². The number of rotatable bonds is 3. The van der Waals surface area contributed by atoms with Crippen LogP contribution in [0, 0.1) is 5.41 Å². The van der Waals surface area contributed by atoms with E-state index in [1.807, 2.05) is 0 Å². The Morgan fingerprint density at radius 3 is 2.58 bits per heavy atom. The second-order valence-electron chi connectivity index (χ2n) is 3.41. The Kier molecular flexibility index (Phi) is 1.37. The van der Waals surface area contributed by atoms with Crippen LogP contribution < -0.4 is 0 Å². The molecule has 0 bridgehead atoms. The summed E-state index contributed by atoms with van der Waals surface area (Å²) >= 11 is 0. The second-order valence-corrected chi connectivity index (χ2v) is 3.41. The first-order valence-corrected chi connectivity index (χ1v) is 4.36. The van der Waals surface area contributed by atoms with Gasteiger partial charge in [0.2, 0.25) is 0 Å². The van der Waals surface area contributed by atoms with Gasteiger partial charge in [0.15, 0.2) is 0 Å². The van der Waals surface area contributed by atoms with Crippen LogP contribution in [0.25, 0.3) is 0 Å². The summed E-state index contributed by atoms with van der Waals surface area (Å²) in [5.41, 5.74) is -1.27. The third-order valence-corrected chi connectivity index (χ3v) is 2.35. The molecule has 0 aromatic rings. The fraction of sp³-hybridized carbons (Fsp3) is 1.00. The van der Waals surface area contributed by atoms with E-state index in [-0.39, 0.29) is 0 Å². The summed E-state index contributed by atoms with van der Waals surface area (Å²) < 4.78 is 36.1. The molecule has 0 aromatic carbocycles. The molecule has 1 saturated carbocycles. The zero-order chi connectivity index (χ0) is 12.0. The number of aliphatic hydroxyl groups is 1. The van der Waals surface area contributed by atoms with Crippen LogP contribution in [-0.4, -0.2) is 49.4 Å². The number of hydrogen-bond acceptors (Lipinski definition) is 3. The van der Waals surface area contributed by atoms with Gasteiger partial charge >= 0.3 is 0 Å². The Balaban J connectivity index is 2.17. The van der Waals surface area contributed by atoms with Gasteiger partial charge in [-0.25, -0.2) is 0 Å². The highest BCUT2D eigenvalue weighted by Gasteiger charge is 2.43. The molecule has 1 saturated heterocycles. The van der Waals surface area contributed by atoms with Crippen molar-refractivity contribution in [3.8, 4) is 0 Å². The van der Waals surface area contributed by atoms with Crippen molar-refractivity contribution >= 4 is 0 Å². The van der Waals surface area contributed by atoms with Gasteiger partial charge in [0.05, 0.1) is 16.0 Å². The molecule has 1 N–H and O–H groups in total. The predicted octanol–water partition coefficient (Wildman–Crippen LogP) is 0.0911. The Morgan fingerprint density at radius 1 is 1.42 bits per heavy atom. The lowest BCUT2D eigenvalue weighted by Gasteiger charge is -2.29. The van der Waals surface area contributed by atoms with Gasteiger partial charge in [0.25, 0.3) is 0 Å². The fourth-order valence-corrected chi connectivity index (χ4v) is 1.35. The SMILES string of the molecule is [2H]C([2H])(O)C1(C([2H])([2H])N2CCOCC2)CC1. The Hall–Kier alpha value is -0.120. The maximum absolute atomic E-state index is 9.51. The average molecular weight is 175 g/mol. The van der Waals surface area contributed by atoms with Gasteiger partial charge in [-0.3, -0.25) is 4.90 Å². The smallest absolute Gasteiger partial charge is 0.0594 e. The van der Waals surface area contributed by atoms with E-state index < -0.39 is 18.5 Å². The predicted molar refractivity (Wildman–Crippen MR) is 46.0 cm³/mol. The van der Waals surface area contributed by atoms with Crippen LogP contribution in [-0.2, 0) is 4.74 Å². The molecule has 12 heavy (non-hydrogen) atoms. The molecule has 0 atom stereocenters. The van der Waals surface area contributed by atoms with Crippen LogP contribution in [0.15, 0.2) is 0 Å². The molecule has 1 heterocycles. The van der Waals surface area contributed by atoms with E-state index in [0.29, 0.717) is 39.1 Å². The molecule has 0 radical (unpaired) electrons. The molecule has 3 nitrogen and oxygen atoms in total. The van der Waals surface area contributed by atoms with E-state index >= 15 is 0 Å². The summed E-state index contributed by atoms with van der Waals surface area (Å²) in [5, 5.41) is 9.51. The van der Waals surface area contributed by atoms with Crippen molar-refractivity contribution in [1.29, 1.82) is 0 Å². The van der Waals surface area contributed by atoms with Gasteiger partial charge in [0.1, 0.15) is 0 Å². The average Bonchev–Trinajstić information content (AvgIpc) is 2.98. The van der Waals surface area contributed by atoms with E-state index in [1.54, 1.807) is 4.90 Å². The van der Waals surface area contributed by atoms with Gasteiger partial charge < -0.3 is 9.84 Å². The van der Waals surface area contributed by atoms with Crippen molar-refractivity contribution in [3.63, 3.8) is 0 Å². The molecule has 2 fully saturated rings. The van der Waals surface area contributed by atoms with Crippen molar-refractivity contribution < 1.29 is 15.3 Å². The molecule has 0 amide bonds. The van der Waals surface area contributed by atoms with E-state index in [0.717, 1.165) is 0 Å². The third kappa shape index (κ3) is 1.79. The van der Waals surface area contributed by atoms with Gasteiger partial charge in [-0.15, -0.1) is 0 Å². The van der Waals surface area contributed by atoms with Crippen molar-refractivity contribution in [2.75, 3.05) is 39.4 Å². The molecule has 2 aliphatic rings. The minimum Gasteiger partial charge on any atom is -0.396 e. The maximum Gasteiger partial charge on any atom is 0.0594 e. The van der Waals surface area contributed by atoms with Gasteiger partial charge in [-0.2, -0.15) is 0 Å². The van der Waals surface area contributed by atoms with Crippen LogP contribution in [0.4, 0.5) is 0 Å². The van der Waals surface area contributed by atoms with Crippen molar-refractivity contribution in [2.45, 2.75) is 12.8 Å². The molecule has 1 aliphatic heterocycles. The number of morpholine rings is 1. The normalized spacial score (nSPS) is 36.1. The Morgan fingerprint density at radius 2 is 2.08 bits per heavy atom. The molecular weight excluding hydrogens is 154 g/mol. The van der Waals surface area contributed by atoms with E-state index in [4.69, 9.17) is 10.2 Å². The van der Waals surface area contributed by atoms with Crippen molar-refractivity contribution in [2.24, 2.45) is 5.41 Å². The van der Waals surface area contributed by atoms with Crippen molar-refractivity contribution in [1.82, 2.24) is 4.90 Å². The molecule has 3 heteroatoms.